The molecule has 1 amide bonds. The van der Waals surface area contributed by atoms with E-state index in [-0.39, 0.29) is 17.8 Å². The van der Waals surface area contributed by atoms with E-state index in [1.54, 1.807) is 11.8 Å². The van der Waals surface area contributed by atoms with Gasteiger partial charge in [-0.05, 0) is 57.2 Å². The first-order chi connectivity index (χ1) is 11.9. The monoisotopic (exact) mass is 342 g/mol. The van der Waals surface area contributed by atoms with Crippen LogP contribution in [0.5, 0.6) is 0 Å². The van der Waals surface area contributed by atoms with E-state index >= 15 is 0 Å². The molecule has 0 aliphatic heterocycles. The van der Waals surface area contributed by atoms with Gasteiger partial charge in [0.25, 0.3) is 5.91 Å². The van der Waals surface area contributed by atoms with Gasteiger partial charge in [-0.15, -0.1) is 0 Å². The molecule has 1 atom stereocenters. The lowest BCUT2D eigenvalue weighted by Crippen LogP contribution is -2.37. The molecule has 0 saturated carbocycles. The summed E-state index contributed by atoms with van der Waals surface area (Å²) in [5.41, 5.74) is 3.95. The Bertz CT molecular complexity index is 727. The van der Waals surface area contributed by atoms with Crippen molar-refractivity contribution in [1.82, 2.24) is 9.47 Å². The normalized spacial score (nSPS) is 11.9. The Kier molecular flexibility index (Phi) is 6.02. The Morgan fingerprint density at radius 1 is 1.08 bits per heavy atom. The molecule has 0 saturated heterocycles. The number of carbonyl (C=O) groups excluding carboxylic acids is 2. The Morgan fingerprint density at radius 2 is 1.64 bits per heavy atom. The molecule has 1 heterocycles. The van der Waals surface area contributed by atoms with Crippen molar-refractivity contribution in [2.45, 2.75) is 27.7 Å². The molecule has 2 rings (SSSR count). The number of benzene rings is 1. The molecule has 1 aromatic heterocycles. The fraction of sp³-hybridized carbons (Fsp3) is 0.400. The minimum Gasteiger partial charge on any atom is -0.469 e. The predicted molar refractivity (Wildman–Crippen MR) is 98.0 cm³/mol. The second-order valence-corrected chi connectivity index (χ2v) is 6.27. The van der Waals surface area contributed by atoms with Crippen LogP contribution in [0.1, 0.15) is 35.6 Å². The van der Waals surface area contributed by atoms with E-state index in [9.17, 15) is 9.59 Å². The zero-order chi connectivity index (χ0) is 18.6. The first-order valence-electron chi connectivity index (χ1n) is 8.51. The highest BCUT2D eigenvalue weighted by Crippen LogP contribution is 2.18. The van der Waals surface area contributed by atoms with Crippen molar-refractivity contribution < 1.29 is 14.3 Å². The summed E-state index contributed by atoms with van der Waals surface area (Å²) in [6, 6.07) is 11.7. The van der Waals surface area contributed by atoms with Crippen LogP contribution in [-0.4, -0.2) is 41.5 Å². The number of hydrogen-bond donors (Lipinski definition) is 0. The number of amides is 1. The van der Waals surface area contributed by atoms with E-state index in [1.165, 1.54) is 7.11 Å². The Labute approximate surface area is 149 Å². The standard InChI is InChI=1S/C20H26N2O3/c1-6-21(13-14(2)20(24)25-5)19(23)17-9-11-18(12-10-17)22-15(3)7-8-16(22)4/h7-12,14H,6,13H2,1-5H3. The highest BCUT2D eigenvalue weighted by atomic mass is 16.5. The van der Waals surface area contributed by atoms with Crippen LogP contribution in [0.3, 0.4) is 0 Å². The third-order valence-electron chi connectivity index (χ3n) is 4.41. The number of ether oxygens (including phenoxy) is 1. The summed E-state index contributed by atoms with van der Waals surface area (Å²) in [5, 5.41) is 0. The van der Waals surface area contributed by atoms with E-state index in [1.807, 2.05) is 31.2 Å². The lowest BCUT2D eigenvalue weighted by atomic mass is 10.1. The lowest BCUT2D eigenvalue weighted by Gasteiger charge is -2.23. The molecule has 1 unspecified atom stereocenters. The van der Waals surface area contributed by atoms with Crippen LogP contribution in [0.2, 0.25) is 0 Å². The molecule has 2 aromatic rings. The van der Waals surface area contributed by atoms with Crippen LogP contribution < -0.4 is 0 Å². The first kappa shape index (κ1) is 18.8. The molecule has 0 bridgehead atoms. The van der Waals surface area contributed by atoms with E-state index in [2.05, 4.69) is 30.5 Å². The molecule has 134 valence electrons. The van der Waals surface area contributed by atoms with Gasteiger partial charge in [-0.25, -0.2) is 0 Å². The van der Waals surface area contributed by atoms with Gasteiger partial charge in [0.2, 0.25) is 0 Å². The maximum atomic E-state index is 12.7. The summed E-state index contributed by atoms with van der Waals surface area (Å²) < 4.78 is 6.89. The van der Waals surface area contributed by atoms with Crippen LogP contribution in [0, 0.1) is 19.8 Å². The molecule has 0 spiro atoms. The number of aromatic nitrogens is 1. The smallest absolute Gasteiger partial charge is 0.310 e. The zero-order valence-electron chi connectivity index (χ0n) is 15.6. The van der Waals surface area contributed by atoms with Gasteiger partial charge in [0, 0.05) is 35.7 Å². The Morgan fingerprint density at radius 3 is 2.12 bits per heavy atom. The Hall–Kier alpha value is -2.56. The van der Waals surface area contributed by atoms with Crippen LogP contribution in [-0.2, 0) is 9.53 Å². The summed E-state index contributed by atoms with van der Waals surface area (Å²) in [5.74, 6) is -0.732. The molecule has 25 heavy (non-hydrogen) atoms. The summed E-state index contributed by atoms with van der Waals surface area (Å²) in [6.07, 6.45) is 0. The van der Waals surface area contributed by atoms with E-state index < -0.39 is 0 Å². The molecule has 0 radical (unpaired) electrons. The largest absolute Gasteiger partial charge is 0.469 e. The van der Waals surface area contributed by atoms with Crippen LogP contribution in [0.15, 0.2) is 36.4 Å². The van der Waals surface area contributed by atoms with Gasteiger partial charge < -0.3 is 14.2 Å². The van der Waals surface area contributed by atoms with Gasteiger partial charge >= 0.3 is 5.97 Å². The third-order valence-corrected chi connectivity index (χ3v) is 4.41. The minimum absolute atomic E-state index is 0.0780. The van der Waals surface area contributed by atoms with Crippen molar-refractivity contribution in [2.24, 2.45) is 5.92 Å². The molecule has 5 nitrogen and oxygen atoms in total. The highest BCUT2D eigenvalue weighted by Gasteiger charge is 2.21. The van der Waals surface area contributed by atoms with Gasteiger partial charge in [0.05, 0.1) is 13.0 Å². The lowest BCUT2D eigenvalue weighted by molar-refractivity contribution is -0.145. The first-order valence-corrected chi connectivity index (χ1v) is 8.51. The molecular formula is C20H26N2O3. The molecule has 1 aromatic carbocycles. The van der Waals surface area contributed by atoms with Gasteiger partial charge in [0.1, 0.15) is 0 Å². The summed E-state index contributed by atoms with van der Waals surface area (Å²) in [6.45, 7) is 8.67. The summed E-state index contributed by atoms with van der Waals surface area (Å²) in [7, 11) is 1.36. The number of aryl methyl sites for hydroxylation is 2. The number of esters is 1. The van der Waals surface area contributed by atoms with Crippen molar-refractivity contribution in [2.75, 3.05) is 20.2 Å². The molecule has 0 aliphatic rings. The maximum absolute atomic E-state index is 12.7. The van der Waals surface area contributed by atoms with Crippen molar-refractivity contribution in [3.63, 3.8) is 0 Å². The van der Waals surface area contributed by atoms with Crippen molar-refractivity contribution >= 4 is 11.9 Å². The molecule has 0 aliphatic carbocycles. The van der Waals surface area contributed by atoms with E-state index in [4.69, 9.17) is 4.74 Å². The number of hydrogen-bond acceptors (Lipinski definition) is 3. The SMILES string of the molecule is CCN(CC(C)C(=O)OC)C(=O)c1ccc(-n2c(C)ccc2C)cc1. The van der Waals surface area contributed by atoms with Gasteiger partial charge in [-0.1, -0.05) is 6.92 Å². The third kappa shape index (κ3) is 4.10. The second-order valence-electron chi connectivity index (χ2n) is 6.27. The predicted octanol–water partition coefficient (Wildman–Crippen LogP) is 3.37. The van der Waals surface area contributed by atoms with Gasteiger partial charge in [0.15, 0.2) is 0 Å². The van der Waals surface area contributed by atoms with Crippen molar-refractivity contribution in [1.29, 1.82) is 0 Å². The topological polar surface area (TPSA) is 51.5 Å². The van der Waals surface area contributed by atoms with E-state index in [0.29, 0.717) is 18.7 Å². The average molecular weight is 342 g/mol. The van der Waals surface area contributed by atoms with Gasteiger partial charge in [-0.2, -0.15) is 0 Å². The maximum Gasteiger partial charge on any atom is 0.310 e. The quantitative estimate of drug-likeness (QED) is 0.756. The number of nitrogens with zero attached hydrogens (tertiary/aromatic N) is 2. The van der Waals surface area contributed by atoms with E-state index in [0.717, 1.165) is 17.1 Å². The molecular weight excluding hydrogens is 316 g/mol. The molecule has 5 heteroatoms. The molecule has 0 fully saturated rings. The van der Waals surface area contributed by atoms with Crippen molar-refractivity contribution in [3.05, 3.63) is 53.3 Å². The molecule has 0 N–H and O–H groups in total. The Balaban J connectivity index is 2.17. The van der Waals surface area contributed by atoms with Crippen LogP contribution >= 0.6 is 0 Å². The number of carbonyl (C=O) groups is 2. The average Bonchev–Trinajstić information content (AvgIpc) is 2.96. The number of methoxy groups -OCH3 is 1. The van der Waals surface area contributed by atoms with Crippen LogP contribution in [0.4, 0.5) is 0 Å². The van der Waals surface area contributed by atoms with Crippen LogP contribution in [0.25, 0.3) is 5.69 Å². The fourth-order valence-corrected chi connectivity index (χ4v) is 2.97. The fourth-order valence-electron chi connectivity index (χ4n) is 2.97. The summed E-state index contributed by atoms with van der Waals surface area (Å²) in [4.78, 5) is 26.0. The number of rotatable bonds is 6. The van der Waals surface area contributed by atoms with Gasteiger partial charge in [-0.3, -0.25) is 9.59 Å². The second kappa shape index (κ2) is 8.01. The minimum atomic E-state index is -0.349. The highest BCUT2D eigenvalue weighted by molar-refractivity contribution is 5.94. The van der Waals surface area contributed by atoms with Crippen molar-refractivity contribution in [3.8, 4) is 5.69 Å². The summed E-state index contributed by atoms with van der Waals surface area (Å²) >= 11 is 0. The zero-order valence-corrected chi connectivity index (χ0v) is 15.6.